The summed E-state index contributed by atoms with van der Waals surface area (Å²) in [6.45, 7) is -0.391. The highest BCUT2D eigenvalue weighted by molar-refractivity contribution is 8.01. The minimum atomic E-state index is -0.588. The lowest BCUT2D eigenvalue weighted by atomic mass is 10.2. The molecular weight excluding hydrogens is 384 g/mol. The largest absolute Gasteiger partial charge is 0.456 e. The Morgan fingerprint density at radius 3 is 2.85 bits per heavy atom. The molecule has 27 heavy (non-hydrogen) atoms. The van der Waals surface area contributed by atoms with Crippen LogP contribution >= 0.6 is 23.5 Å². The molecule has 1 heterocycles. The van der Waals surface area contributed by atoms with E-state index in [4.69, 9.17) is 4.74 Å². The molecule has 0 unspecified atom stereocenters. The first-order valence-corrected chi connectivity index (χ1v) is 10.3. The summed E-state index contributed by atoms with van der Waals surface area (Å²) in [5, 5.41) is 4.88. The maximum atomic E-state index is 12.1. The van der Waals surface area contributed by atoms with Crippen molar-refractivity contribution in [2.45, 2.75) is 21.5 Å². The van der Waals surface area contributed by atoms with E-state index < -0.39 is 23.7 Å². The second-order valence-electron chi connectivity index (χ2n) is 5.74. The van der Waals surface area contributed by atoms with Gasteiger partial charge in [-0.2, -0.15) is 0 Å². The Balaban J connectivity index is 1.48. The summed E-state index contributed by atoms with van der Waals surface area (Å²) < 4.78 is 5.02. The number of hydrogen-bond donors (Lipinski definition) is 2. The first kappa shape index (κ1) is 19.3. The van der Waals surface area contributed by atoms with E-state index in [-0.39, 0.29) is 12.3 Å². The molecule has 0 radical (unpaired) electrons. The molecule has 0 aromatic heterocycles. The number of benzene rings is 2. The summed E-state index contributed by atoms with van der Waals surface area (Å²) in [4.78, 5) is 38.0. The molecule has 1 atom stereocenters. The highest BCUT2D eigenvalue weighted by Crippen LogP contribution is 2.36. The monoisotopic (exact) mass is 402 g/mol. The van der Waals surface area contributed by atoms with Crippen LogP contribution < -0.4 is 10.6 Å². The van der Waals surface area contributed by atoms with E-state index in [1.165, 1.54) is 11.8 Å². The summed E-state index contributed by atoms with van der Waals surface area (Å²) in [6.07, 6.45) is 1.85. The van der Waals surface area contributed by atoms with Crippen LogP contribution in [0.1, 0.15) is 6.42 Å². The molecule has 3 rings (SSSR count). The zero-order chi connectivity index (χ0) is 19.2. The predicted octanol–water partition coefficient (Wildman–Crippen LogP) is 3.39. The lowest BCUT2D eigenvalue weighted by molar-refractivity contribution is -0.147. The summed E-state index contributed by atoms with van der Waals surface area (Å²) in [5.74, 6) is -1.25. The second-order valence-corrected chi connectivity index (χ2v) is 7.86. The number of carbonyl (C=O) groups excluding carboxylic acids is 3. The number of para-hydroxylation sites is 1. The Hall–Kier alpha value is -2.45. The SMILES string of the molecule is CSc1cccc(NC(=O)COC(=O)C[C@@H]2Sc3ccccc3NC2=O)c1. The Bertz CT molecular complexity index is 872. The lowest BCUT2D eigenvalue weighted by Gasteiger charge is -2.23. The van der Waals surface area contributed by atoms with Gasteiger partial charge >= 0.3 is 5.97 Å². The van der Waals surface area contributed by atoms with Crippen LogP contribution in [0.25, 0.3) is 0 Å². The molecule has 1 aliphatic rings. The number of amides is 2. The number of anilines is 2. The third-order valence-corrected chi connectivity index (χ3v) is 5.78. The van der Waals surface area contributed by atoms with Gasteiger partial charge in [-0.25, -0.2) is 0 Å². The van der Waals surface area contributed by atoms with Crippen LogP contribution in [0.3, 0.4) is 0 Å². The Kier molecular flexibility index (Phi) is 6.41. The molecule has 8 heteroatoms. The fourth-order valence-electron chi connectivity index (χ4n) is 2.48. The van der Waals surface area contributed by atoms with Gasteiger partial charge in [-0.15, -0.1) is 23.5 Å². The van der Waals surface area contributed by atoms with Crippen molar-refractivity contribution in [1.29, 1.82) is 0 Å². The van der Waals surface area contributed by atoms with Crippen LogP contribution in [0.4, 0.5) is 11.4 Å². The van der Waals surface area contributed by atoms with Crippen molar-refractivity contribution in [2.24, 2.45) is 0 Å². The Labute approximate surface area is 165 Å². The minimum absolute atomic E-state index is 0.0971. The van der Waals surface area contributed by atoms with Crippen LogP contribution in [0, 0.1) is 0 Å². The van der Waals surface area contributed by atoms with E-state index >= 15 is 0 Å². The highest BCUT2D eigenvalue weighted by Gasteiger charge is 2.29. The molecular formula is C19H18N2O4S2. The van der Waals surface area contributed by atoms with Gasteiger partial charge in [0.15, 0.2) is 6.61 Å². The maximum absolute atomic E-state index is 12.1. The third-order valence-electron chi connectivity index (χ3n) is 3.78. The summed E-state index contributed by atoms with van der Waals surface area (Å²) >= 11 is 2.88. The van der Waals surface area contributed by atoms with Crippen LogP contribution in [0.2, 0.25) is 0 Å². The fourth-order valence-corrected chi connectivity index (χ4v) is 4.04. The van der Waals surface area contributed by atoms with Gasteiger partial charge < -0.3 is 15.4 Å². The van der Waals surface area contributed by atoms with Crippen molar-refractivity contribution in [3.63, 3.8) is 0 Å². The number of esters is 1. The molecule has 0 saturated carbocycles. The van der Waals surface area contributed by atoms with E-state index in [1.807, 2.05) is 48.7 Å². The average Bonchev–Trinajstić information content (AvgIpc) is 2.67. The van der Waals surface area contributed by atoms with Crippen LogP contribution in [-0.2, 0) is 19.1 Å². The molecule has 0 bridgehead atoms. The molecule has 2 aromatic rings. The van der Waals surface area contributed by atoms with Gasteiger partial charge in [0.2, 0.25) is 5.91 Å². The van der Waals surface area contributed by atoms with Gasteiger partial charge in [-0.1, -0.05) is 18.2 Å². The molecule has 0 aliphatic carbocycles. The number of hydrogen-bond acceptors (Lipinski definition) is 6. The van der Waals surface area contributed by atoms with E-state index in [0.717, 1.165) is 15.5 Å². The van der Waals surface area contributed by atoms with E-state index in [0.29, 0.717) is 5.69 Å². The topological polar surface area (TPSA) is 84.5 Å². The van der Waals surface area contributed by atoms with Crippen molar-refractivity contribution in [2.75, 3.05) is 23.5 Å². The molecule has 1 aliphatic heterocycles. The van der Waals surface area contributed by atoms with Gasteiger partial charge in [-0.05, 0) is 36.6 Å². The third kappa shape index (κ3) is 5.27. The van der Waals surface area contributed by atoms with Crippen molar-refractivity contribution in [3.05, 3.63) is 48.5 Å². The van der Waals surface area contributed by atoms with Crippen molar-refractivity contribution in [3.8, 4) is 0 Å². The van der Waals surface area contributed by atoms with Gasteiger partial charge in [-0.3, -0.25) is 14.4 Å². The summed E-state index contributed by atoms with van der Waals surface area (Å²) in [6, 6.07) is 14.8. The maximum Gasteiger partial charge on any atom is 0.307 e. The predicted molar refractivity (Wildman–Crippen MR) is 107 cm³/mol. The standard InChI is InChI=1S/C19H18N2O4S2/c1-26-13-6-4-5-12(9-13)20-17(22)11-25-18(23)10-16-19(24)21-14-7-2-3-8-15(14)27-16/h2-9,16H,10-11H2,1H3,(H,20,22)(H,21,24)/t16-/m0/s1. The molecule has 0 fully saturated rings. The molecule has 2 aromatic carbocycles. The van der Waals surface area contributed by atoms with Crippen molar-refractivity contribution >= 4 is 52.7 Å². The van der Waals surface area contributed by atoms with Gasteiger partial charge in [0.1, 0.15) is 0 Å². The molecule has 140 valence electrons. The minimum Gasteiger partial charge on any atom is -0.456 e. The fraction of sp³-hybridized carbons (Fsp3) is 0.211. The van der Waals surface area contributed by atoms with Crippen molar-refractivity contribution < 1.29 is 19.1 Å². The number of nitrogens with one attached hydrogen (secondary N) is 2. The highest BCUT2D eigenvalue weighted by atomic mass is 32.2. The van der Waals surface area contributed by atoms with Gasteiger partial charge in [0.25, 0.3) is 5.91 Å². The zero-order valence-corrected chi connectivity index (χ0v) is 16.2. The second kappa shape index (κ2) is 8.96. The molecule has 2 N–H and O–H groups in total. The lowest BCUT2D eigenvalue weighted by Crippen LogP contribution is -2.32. The summed E-state index contributed by atoms with van der Waals surface area (Å²) in [5.41, 5.74) is 1.38. The number of carbonyl (C=O) groups is 3. The van der Waals surface area contributed by atoms with E-state index in [9.17, 15) is 14.4 Å². The Morgan fingerprint density at radius 2 is 2.04 bits per heavy atom. The zero-order valence-electron chi connectivity index (χ0n) is 14.6. The smallest absolute Gasteiger partial charge is 0.307 e. The van der Waals surface area contributed by atoms with Crippen LogP contribution in [0.5, 0.6) is 0 Å². The number of fused-ring (bicyclic) bond motifs is 1. The molecule has 2 amide bonds. The van der Waals surface area contributed by atoms with Crippen molar-refractivity contribution in [1.82, 2.24) is 0 Å². The molecule has 6 nitrogen and oxygen atoms in total. The normalized spacial score (nSPS) is 15.4. The van der Waals surface area contributed by atoms with Gasteiger partial charge in [0, 0.05) is 15.5 Å². The van der Waals surface area contributed by atoms with E-state index in [2.05, 4.69) is 10.6 Å². The number of ether oxygens (including phenoxy) is 1. The molecule has 0 saturated heterocycles. The Morgan fingerprint density at radius 1 is 1.22 bits per heavy atom. The average molecular weight is 402 g/mol. The van der Waals surface area contributed by atoms with Crippen LogP contribution in [0.15, 0.2) is 58.3 Å². The first-order chi connectivity index (χ1) is 13.0. The molecule has 0 spiro atoms. The number of rotatable bonds is 6. The quantitative estimate of drug-likeness (QED) is 0.569. The first-order valence-electron chi connectivity index (χ1n) is 8.21. The van der Waals surface area contributed by atoms with Crippen LogP contribution in [-0.4, -0.2) is 35.9 Å². The van der Waals surface area contributed by atoms with Gasteiger partial charge in [0.05, 0.1) is 17.4 Å². The van der Waals surface area contributed by atoms with E-state index in [1.54, 1.807) is 17.8 Å². The number of thioether (sulfide) groups is 2. The summed E-state index contributed by atoms with van der Waals surface area (Å²) in [7, 11) is 0.